The van der Waals surface area contributed by atoms with Crippen LogP contribution in [-0.4, -0.2) is 64.3 Å². The minimum atomic E-state index is -3.14. The number of nitrogens with one attached hydrogen (secondary N) is 2. The average molecular weight is 537 g/mol. The van der Waals surface area contributed by atoms with Gasteiger partial charge in [0.1, 0.15) is 0 Å². The zero-order valence-electron chi connectivity index (χ0n) is 18.1. The van der Waals surface area contributed by atoms with Crippen LogP contribution in [-0.2, 0) is 16.3 Å². The molecule has 2 N–H and O–H groups in total. The number of hydrogen-bond donors (Lipinski definition) is 2. The summed E-state index contributed by atoms with van der Waals surface area (Å²) in [7, 11) is -3.14. The monoisotopic (exact) mass is 536 g/mol. The van der Waals surface area contributed by atoms with E-state index in [0.29, 0.717) is 10.9 Å². The Hall–Kier alpha value is -0.870. The molecule has 0 aliphatic carbocycles. The Morgan fingerprint density at radius 2 is 1.97 bits per heavy atom. The first kappa shape index (κ1) is 26.2. The predicted molar refractivity (Wildman–Crippen MR) is 132 cm³/mol. The number of likely N-dealkylation sites (tertiary alicyclic amines) is 1. The van der Waals surface area contributed by atoms with Gasteiger partial charge in [-0.3, -0.25) is 9.89 Å². The van der Waals surface area contributed by atoms with Gasteiger partial charge in [0.25, 0.3) is 0 Å². The van der Waals surface area contributed by atoms with Crippen molar-refractivity contribution in [1.82, 2.24) is 15.5 Å². The number of halogens is 1. The van der Waals surface area contributed by atoms with E-state index in [2.05, 4.69) is 36.3 Å². The van der Waals surface area contributed by atoms with Crippen molar-refractivity contribution < 1.29 is 8.42 Å². The molecule has 0 bridgehead atoms. The summed E-state index contributed by atoms with van der Waals surface area (Å²) in [6, 6.07) is 7.54. The molecule has 1 aliphatic heterocycles. The van der Waals surface area contributed by atoms with Crippen molar-refractivity contribution in [3.8, 4) is 0 Å². The molecule has 8 heteroatoms. The van der Waals surface area contributed by atoms with Crippen LogP contribution in [0.25, 0.3) is 0 Å². The molecule has 29 heavy (non-hydrogen) atoms. The van der Waals surface area contributed by atoms with Gasteiger partial charge in [-0.15, -0.1) is 24.0 Å². The average Bonchev–Trinajstić information content (AvgIpc) is 2.65. The summed E-state index contributed by atoms with van der Waals surface area (Å²) in [6.45, 7) is 11.4. The maximum Gasteiger partial charge on any atom is 0.191 e. The van der Waals surface area contributed by atoms with Crippen LogP contribution < -0.4 is 10.6 Å². The Balaban J connectivity index is 0.00000420. The first-order valence-electron chi connectivity index (χ1n) is 10.3. The van der Waals surface area contributed by atoms with Gasteiger partial charge in [0.2, 0.25) is 0 Å². The predicted octanol–water partition coefficient (Wildman–Crippen LogP) is 2.93. The van der Waals surface area contributed by atoms with Crippen LogP contribution in [0.4, 0.5) is 0 Å². The van der Waals surface area contributed by atoms with Crippen LogP contribution in [0.3, 0.4) is 0 Å². The number of rotatable bonds is 8. The van der Waals surface area contributed by atoms with Gasteiger partial charge in [0, 0.05) is 31.9 Å². The van der Waals surface area contributed by atoms with E-state index in [1.165, 1.54) is 32.2 Å². The Morgan fingerprint density at radius 3 is 2.55 bits per heavy atom. The molecule has 2 rings (SSSR count). The highest BCUT2D eigenvalue weighted by Gasteiger charge is 2.20. The second kappa shape index (κ2) is 12.7. The van der Waals surface area contributed by atoms with E-state index in [1.54, 1.807) is 12.1 Å². The van der Waals surface area contributed by atoms with Crippen molar-refractivity contribution in [2.75, 3.05) is 39.0 Å². The minimum absolute atomic E-state index is 0. The van der Waals surface area contributed by atoms with Crippen LogP contribution in [0.2, 0.25) is 0 Å². The van der Waals surface area contributed by atoms with Crippen LogP contribution in [0.1, 0.15) is 39.2 Å². The second-order valence-corrected chi connectivity index (χ2v) is 9.92. The van der Waals surface area contributed by atoms with E-state index in [9.17, 15) is 8.42 Å². The minimum Gasteiger partial charge on any atom is -0.357 e. The number of hydrogen-bond acceptors (Lipinski definition) is 4. The first-order chi connectivity index (χ1) is 13.3. The third-order valence-electron chi connectivity index (χ3n) is 5.23. The van der Waals surface area contributed by atoms with Gasteiger partial charge in [0.05, 0.1) is 11.4 Å². The number of guanidine groups is 1. The Kier molecular flexibility index (Phi) is 11.5. The standard InChI is InChI=1S/C21H36N4O2S.HI/c1-5-22-21(24-15-18(3)25-14-6-7-17(2)16-25)23-13-12-19-8-10-20(11-9-19)28(4,26)27;/h8-11,17-18H,5-7,12-16H2,1-4H3,(H2,22,23,24);1H. The van der Waals surface area contributed by atoms with E-state index in [4.69, 9.17) is 4.99 Å². The molecule has 1 heterocycles. The highest BCUT2D eigenvalue weighted by atomic mass is 127. The fraction of sp³-hybridized carbons (Fsp3) is 0.667. The lowest BCUT2D eigenvalue weighted by Crippen LogP contribution is -2.43. The largest absolute Gasteiger partial charge is 0.357 e. The van der Waals surface area contributed by atoms with Gasteiger partial charge in [-0.1, -0.05) is 19.1 Å². The van der Waals surface area contributed by atoms with E-state index >= 15 is 0 Å². The summed E-state index contributed by atoms with van der Waals surface area (Å²) in [5.74, 6) is 1.62. The molecule has 1 aromatic rings. The van der Waals surface area contributed by atoms with Crippen LogP contribution in [0.5, 0.6) is 0 Å². The van der Waals surface area contributed by atoms with Gasteiger partial charge < -0.3 is 10.6 Å². The van der Waals surface area contributed by atoms with Crippen LogP contribution >= 0.6 is 24.0 Å². The molecule has 0 amide bonds. The number of nitrogens with zero attached hydrogens (tertiary/aromatic N) is 2. The molecule has 0 spiro atoms. The number of aliphatic imine (C=N–C) groups is 1. The topological polar surface area (TPSA) is 73.8 Å². The van der Waals surface area contributed by atoms with Gasteiger partial charge in [-0.2, -0.15) is 0 Å². The molecule has 1 saturated heterocycles. The molecular formula is C21H37IN4O2S. The van der Waals surface area contributed by atoms with Gasteiger partial charge in [0.15, 0.2) is 15.8 Å². The molecule has 0 radical (unpaired) electrons. The van der Waals surface area contributed by atoms with E-state index < -0.39 is 9.84 Å². The second-order valence-electron chi connectivity index (χ2n) is 7.90. The van der Waals surface area contributed by atoms with Gasteiger partial charge in [-0.05, 0) is 63.3 Å². The molecule has 0 saturated carbocycles. The summed E-state index contributed by atoms with van der Waals surface area (Å²) >= 11 is 0. The zero-order valence-corrected chi connectivity index (χ0v) is 21.3. The lowest BCUT2D eigenvalue weighted by atomic mass is 9.99. The molecule has 0 aromatic heterocycles. The van der Waals surface area contributed by atoms with Crippen molar-refractivity contribution in [2.45, 2.75) is 51.0 Å². The summed E-state index contributed by atoms with van der Waals surface area (Å²) in [4.78, 5) is 7.67. The normalized spacial score (nSPS) is 19.3. The highest BCUT2D eigenvalue weighted by molar-refractivity contribution is 14.0. The molecule has 1 aliphatic rings. The molecule has 2 atom stereocenters. The quantitative estimate of drug-likeness (QED) is 0.304. The maximum absolute atomic E-state index is 11.5. The van der Waals surface area contributed by atoms with Crippen molar-refractivity contribution >= 4 is 39.8 Å². The van der Waals surface area contributed by atoms with Gasteiger partial charge >= 0.3 is 0 Å². The van der Waals surface area contributed by atoms with Crippen molar-refractivity contribution in [3.05, 3.63) is 29.8 Å². The molecule has 6 nitrogen and oxygen atoms in total. The smallest absolute Gasteiger partial charge is 0.191 e. The Bertz CT molecular complexity index is 738. The lowest BCUT2D eigenvalue weighted by Gasteiger charge is -2.35. The number of piperidine rings is 1. The van der Waals surface area contributed by atoms with Crippen molar-refractivity contribution in [1.29, 1.82) is 0 Å². The summed E-state index contributed by atoms with van der Waals surface area (Å²) in [5.41, 5.74) is 1.10. The van der Waals surface area contributed by atoms with E-state index in [0.717, 1.165) is 43.5 Å². The Labute approximate surface area is 193 Å². The third kappa shape index (κ3) is 9.21. The van der Waals surface area contributed by atoms with E-state index in [-0.39, 0.29) is 24.0 Å². The van der Waals surface area contributed by atoms with Crippen molar-refractivity contribution in [3.63, 3.8) is 0 Å². The lowest BCUT2D eigenvalue weighted by molar-refractivity contribution is 0.142. The first-order valence-corrected chi connectivity index (χ1v) is 12.2. The van der Waals surface area contributed by atoms with Crippen LogP contribution in [0, 0.1) is 5.92 Å². The Morgan fingerprint density at radius 1 is 1.28 bits per heavy atom. The summed E-state index contributed by atoms with van der Waals surface area (Å²) < 4.78 is 23.1. The third-order valence-corrected chi connectivity index (χ3v) is 6.36. The zero-order chi connectivity index (χ0) is 20.6. The highest BCUT2D eigenvalue weighted by Crippen LogP contribution is 2.17. The van der Waals surface area contributed by atoms with Gasteiger partial charge in [-0.25, -0.2) is 8.42 Å². The summed E-state index contributed by atoms with van der Waals surface area (Å²) in [6.07, 6.45) is 4.66. The fourth-order valence-corrected chi connectivity index (χ4v) is 4.17. The van der Waals surface area contributed by atoms with E-state index in [1.807, 2.05) is 12.1 Å². The molecule has 2 unspecified atom stereocenters. The van der Waals surface area contributed by atoms with Crippen LogP contribution in [0.15, 0.2) is 34.2 Å². The number of benzene rings is 1. The molecule has 1 aromatic carbocycles. The van der Waals surface area contributed by atoms with Crippen molar-refractivity contribution in [2.24, 2.45) is 10.9 Å². The number of sulfone groups is 1. The fourth-order valence-electron chi connectivity index (χ4n) is 3.54. The maximum atomic E-state index is 11.5. The SMILES string of the molecule is CCNC(=NCC(C)N1CCCC(C)C1)NCCc1ccc(S(C)(=O)=O)cc1.I. The molecular weight excluding hydrogens is 499 g/mol. The molecule has 1 fully saturated rings. The summed E-state index contributed by atoms with van der Waals surface area (Å²) in [5, 5.41) is 6.69. The molecule has 166 valence electrons.